The Balaban J connectivity index is 1.71. The molecule has 3 aromatic rings. The van der Waals surface area contributed by atoms with Gasteiger partial charge in [0.15, 0.2) is 14.1 Å². The van der Waals surface area contributed by atoms with Crippen LogP contribution < -0.4 is 0 Å². The van der Waals surface area contributed by atoms with Crippen LogP contribution in [0.3, 0.4) is 0 Å². The highest BCUT2D eigenvalue weighted by Crippen LogP contribution is 2.28. The average Bonchev–Trinajstić information content (AvgIpc) is 3.03. The van der Waals surface area contributed by atoms with E-state index in [1.165, 1.54) is 28.7 Å². The first-order valence-electron chi connectivity index (χ1n) is 7.78. The van der Waals surface area contributed by atoms with Crippen molar-refractivity contribution < 1.29 is 4.79 Å². The van der Waals surface area contributed by atoms with Crippen LogP contribution in [0.5, 0.6) is 0 Å². The van der Waals surface area contributed by atoms with E-state index < -0.39 is 0 Å². The summed E-state index contributed by atoms with van der Waals surface area (Å²) in [5, 5.41) is 5.41. The van der Waals surface area contributed by atoms with Gasteiger partial charge < -0.3 is 0 Å². The van der Waals surface area contributed by atoms with Gasteiger partial charge in [0, 0.05) is 5.56 Å². The summed E-state index contributed by atoms with van der Waals surface area (Å²) in [6, 6.07) is 12.9. The summed E-state index contributed by atoms with van der Waals surface area (Å²) in [6.07, 6.45) is 0.957. The zero-order chi connectivity index (χ0) is 18.7. The molecule has 0 spiro atoms. The lowest BCUT2D eigenvalue weighted by Gasteiger charge is -2.03. The third-order valence-electron chi connectivity index (χ3n) is 3.69. The molecule has 0 bridgehead atoms. The molecule has 1 heterocycles. The number of thioether (sulfide) groups is 1. The number of Topliss-reactive ketones (excluding diaryl/α,β-unsaturated/α-hetero) is 1. The molecule has 0 aliphatic rings. The van der Waals surface area contributed by atoms with Crippen molar-refractivity contribution in [2.24, 2.45) is 0 Å². The Morgan fingerprint density at radius 1 is 1.19 bits per heavy atom. The van der Waals surface area contributed by atoms with Crippen LogP contribution in [-0.4, -0.2) is 21.3 Å². The average molecular weight is 441 g/mol. The smallest absolute Gasteiger partial charge is 0.184 e. The molecule has 0 radical (unpaired) electrons. The van der Waals surface area contributed by atoms with Crippen LogP contribution in [-0.2, 0) is 6.42 Å². The number of hydrogen-bond acceptors (Lipinski definition) is 5. The van der Waals surface area contributed by atoms with Crippen molar-refractivity contribution >= 4 is 64.3 Å². The third-order valence-corrected chi connectivity index (χ3v) is 6.79. The monoisotopic (exact) mass is 440 g/mol. The molecule has 1 aromatic heterocycles. The van der Waals surface area contributed by atoms with Crippen molar-refractivity contribution in [3.05, 3.63) is 67.6 Å². The number of rotatable bonds is 6. The minimum absolute atomic E-state index is 0.0693. The fraction of sp³-hybridized carbons (Fsp3) is 0.167. The van der Waals surface area contributed by atoms with Crippen LogP contribution in [0.15, 0.2) is 46.8 Å². The zero-order valence-electron chi connectivity index (χ0n) is 13.7. The van der Waals surface area contributed by atoms with Crippen molar-refractivity contribution in [1.82, 2.24) is 9.78 Å². The molecule has 0 amide bonds. The van der Waals surface area contributed by atoms with Gasteiger partial charge in [-0.25, -0.2) is 4.68 Å². The second-order valence-corrected chi connectivity index (χ2v) is 9.07. The Bertz CT molecular complexity index is 996. The van der Waals surface area contributed by atoms with Crippen LogP contribution in [0.4, 0.5) is 0 Å². The highest BCUT2D eigenvalue weighted by molar-refractivity contribution is 8.01. The number of carbonyl (C=O) groups is 1. The van der Waals surface area contributed by atoms with E-state index in [-0.39, 0.29) is 5.78 Å². The van der Waals surface area contributed by atoms with Gasteiger partial charge in [0.05, 0.1) is 21.5 Å². The highest BCUT2D eigenvalue weighted by atomic mass is 35.5. The molecule has 134 valence electrons. The molecular formula is C18H14Cl2N2OS3. The topological polar surface area (TPSA) is 34.9 Å². The normalized spacial score (nSPS) is 10.9. The molecule has 0 aliphatic heterocycles. The second-order valence-electron chi connectivity index (χ2n) is 5.41. The van der Waals surface area contributed by atoms with Crippen LogP contribution in [0.25, 0.3) is 5.69 Å². The zero-order valence-corrected chi connectivity index (χ0v) is 17.7. The van der Waals surface area contributed by atoms with E-state index in [1.54, 1.807) is 22.9 Å². The van der Waals surface area contributed by atoms with E-state index in [2.05, 4.69) is 12.0 Å². The quantitative estimate of drug-likeness (QED) is 0.248. The SMILES string of the molecule is CCc1ccc(C(=O)CSc2nn(-c3ccc(Cl)c(Cl)c3)c(=S)s2)cc1. The number of carbonyl (C=O) groups excluding carboxylic acids is 1. The van der Waals surface area contributed by atoms with Crippen LogP contribution in [0.1, 0.15) is 22.8 Å². The molecule has 2 aromatic carbocycles. The number of halogens is 2. The molecule has 3 rings (SSSR count). The Labute approximate surface area is 175 Å². The lowest BCUT2D eigenvalue weighted by Crippen LogP contribution is -2.02. The lowest BCUT2D eigenvalue weighted by molar-refractivity contribution is 0.102. The summed E-state index contributed by atoms with van der Waals surface area (Å²) in [5.74, 6) is 0.384. The molecule has 0 saturated heterocycles. The highest BCUT2D eigenvalue weighted by Gasteiger charge is 2.11. The van der Waals surface area contributed by atoms with E-state index in [1.807, 2.05) is 24.3 Å². The van der Waals surface area contributed by atoms with Gasteiger partial charge in [0.1, 0.15) is 0 Å². The van der Waals surface area contributed by atoms with E-state index in [4.69, 9.17) is 35.4 Å². The van der Waals surface area contributed by atoms with E-state index >= 15 is 0 Å². The summed E-state index contributed by atoms with van der Waals surface area (Å²) in [5.41, 5.74) is 2.67. The number of hydrogen-bond donors (Lipinski definition) is 0. The standard InChI is InChI=1S/C18H14Cl2N2OS3/c1-2-11-3-5-12(6-4-11)16(23)10-25-17-21-22(18(24)26-17)13-7-8-14(19)15(20)9-13/h3-9H,2,10H2,1H3. The van der Waals surface area contributed by atoms with Crippen LogP contribution in [0.2, 0.25) is 10.0 Å². The predicted molar refractivity (Wildman–Crippen MR) is 113 cm³/mol. The minimum Gasteiger partial charge on any atom is -0.293 e. The van der Waals surface area contributed by atoms with Gasteiger partial charge in [0.25, 0.3) is 0 Å². The maximum absolute atomic E-state index is 12.4. The van der Waals surface area contributed by atoms with Gasteiger partial charge in [-0.15, -0.1) is 5.10 Å². The first-order chi connectivity index (χ1) is 12.5. The summed E-state index contributed by atoms with van der Waals surface area (Å²) < 4.78 is 2.95. The Kier molecular flexibility index (Phi) is 6.53. The molecule has 0 atom stereocenters. The van der Waals surface area contributed by atoms with Crippen LogP contribution in [0, 0.1) is 3.95 Å². The number of benzene rings is 2. The summed E-state index contributed by atoms with van der Waals surface area (Å²) in [6.45, 7) is 2.09. The summed E-state index contributed by atoms with van der Waals surface area (Å²) >= 11 is 20.1. The van der Waals surface area contributed by atoms with E-state index in [0.717, 1.165) is 16.4 Å². The van der Waals surface area contributed by atoms with E-state index in [0.29, 0.717) is 25.3 Å². The fourth-order valence-electron chi connectivity index (χ4n) is 2.24. The minimum atomic E-state index is 0.0693. The van der Waals surface area contributed by atoms with Gasteiger partial charge in [-0.05, 0) is 42.4 Å². The maximum atomic E-state index is 12.4. The maximum Gasteiger partial charge on any atom is 0.184 e. The first-order valence-corrected chi connectivity index (χ1v) is 10.7. The number of ketones is 1. The third kappa shape index (κ3) is 4.56. The summed E-state index contributed by atoms with van der Waals surface area (Å²) in [4.78, 5) is 12.4. The largest absolute Gasteiger partial charge is 0.293 e. The van der Waals surface area contributed by atoms with E-state index in [9.17, 15) is 4.79 Å². The van der Waals surface area contributed by atoms with Crippen molar-refractivity contribution in [3.63, 3.8) is 0 Å². The number of aromatic nitrogens is 2. The molecule has 8 heteroatoms. The molecule has 0 unspecified atom stereocenters. The number of aryl methyl sites for hydroxylation is 1. The molecule has 0 saturated carbocycles. The lowest BCUT2D eigenvalue weighted by atomic mass is 10.1. The first kappa shape index (κ1) is 19.6. The second kappa shape index (κ2) is 8.67. The van der Waals surface area contributed by atoms with Gasteiger partial charge in [0.2, 0.25) is 0 Å². The van der Waals surface area contributed by atoms with Crippen molar-refractivity contribution in [2.45, 2.75) is 17.7 Å². The molecule has 0 fully saturated rings. The predicted octanol–water partition coefficient (Wildman–Crippen LogP) is 6.51. The van der Waals surface area contributed by atoms with Gasteiger partial charge in [-0.1, -0.05) is 77.5 Å². The van der Waals surface area contributed by atoms with Crippen molar-refractivity contribution in [2.75, 3.05) is 5.75 Å². The van der Waals surface area contributed by atoms with Crippen LogP contribution >= 0.6 is 58.5 Å². The van der Waals surface area contributed by atoms with Crippen molar-refractivity contribution in [1.29, 1.82) is 0 Å². The van der Waals surface area contributed by atoms with Gasteiger partial charge in [-0.2, -0.15) is 0 Å². The molecular weight excluding hydrogens is 427 g/mol. The van der Waals surface area contributed by atoms with Crippen molar-refractivity contribution in [3.8, 4) is 5.69 Å². The molecule has 0 aliphatic carbocycles. The summed E-state index contributed by atoms with van der Waals surface area (Å²) in [7, 11) is 0. The Morgan fingerprint density at radius 3 is 2.58 bits per heavy atom. The molecule has 26 heavy (non-hydrogen) atoms. The van der Waals surface area contributed by atoms with Gasteiger partial charge in [-0.3, -0.25) is 4.79 Å². The Morgan fingerprint density at radius 2 is 1.92 bits per heavy atom. The molecule has 3 nitrogen and oxygen atoms in total. The molecule has 0 N–H and O–H groups in total. The fourth-order valence-corrected chi connectivity index (χ4v) is 4.78. The number of nitrogens with zero attached hydrogens (tertiary/aromatic N) is 2. The Hall–Kier alpha value is -1.18. The van der Waals surface area contributed by atoms with Gasteiger partial charge >= 0.3 is 0 Å².